The van der Waals surface area contributed by atoms with Gasteiger partial charge in [-0.05, 0) is 37.5 Å². The van der Waals surface area contributed by atoms with Crippen molar-refractivity contribution in [3.63, 3.8) is 0 Å². The summed E-state index contributed by atoms with van der Waals surface area (Å²) in [7, 11) is 0. The molecule has 5 heteroatoms. The zero-order chi connectivity index (χ0) is 23.5. The molecule has 0 amide bonds. The molecule has 0 fully saturated rings. The lowest BCUT2D eigenvalue weighted by Crippen LogP contribution is -2.29. The van der Waals surface area contributed by atoms with E-state index in [1.807, 2.05) is 30.3 Å². The van der Waals surface area contributed by atoms with Crippen molar-refractivity contribution in [3.8, 4) is 16.9 Å². The fraction of sp³-hybridized carbons (Fsp3) is 0.429. The quantitative estimate of drug-likeness (QED) is 0.209. The first-order valence-corrected chi connectivity index (χ1v) is 12.1. The number of fused-ring (bicyclic) bond motifs is 1. The van der Waals surface area contributed by atoms with Crippen molar-refractivity contribution in [1.29, 1.82) is 0 Å². The van der Waals surface area contributed by atoms with Crippen LogP contribution in [0.3, 0.4) is 0 Å². The van der Waals surface area contributed by atoms with Gasteiger partial charge in [-0.2, -0.15) is 0 Å². The number of hydrogen-bond donors (Lipinski definition) is 0. The van der Waals surface area contributed by atoms with E-state index < -0.39 is 6.10 Å². The molecule has 0 N–H and O–H groups in total. The van der Waals surface area contributed by atoms with Crippen molar-refractivity contribution in [2.24, 2.45) is 0 Å². The summed E-state index contributed by atoms with van der Waals surface area (Å²) in [5.74, 6) is 0.128. The highest BCUT2D eigenvalue weighted by atomic mass is 16.6. The third-order valence-corrected chi connectivity index (χ3v) is 5.73. The number of ether oxygens (including phenoxy) is 2. The molecule has 0 aliphatic rings. The Morgan fingerprint density at radius 2 is 1.67 bits per heavy atom. The van der Waals surface area contributed by atoms with Crippen LogP contribution in [0.1, 0.15) is 65.2 Å². The van der Waals surface area contributed by atoms with E-state index in [-0.39, 0.29) is 11.4 Å². The van der Waals surface area contributed by atoms with Crippen molar-refractivity contribution in [2.45, 2.75) is 71.3 Å². The molecular formula is C28H34O5. The van der Waals surface area contributed by atoms with Crippen molar-refractivity contribution in [3.05, 3.63) is 65.0 Å². The van der Waals surface area contributed by atoms with Crippen molar-refractivity contribution < 1.29 is 18.7 Å². The molecule has 33 heavy (non-hydrogen) atoms. The number of benzene rings is 2. The second kappa shape index (κ2) is 12.8. The van der Waals surface area contributed by atoms with E-state index in [2.05, 4.69) is 6.92 Å². The van der Waals surface area contributed by atoms with Crippen molar-refractivity contribution in [1.82, 2.24) is 0 Å². The van der Waals surface area contributed by atoms with E-state index in [0.717, 1.165) is 18.4 Å². The molecule has 0 radical (unpaired) electrons. The van der Waals surface area contributed by atoms with Gasteiger partial charge in [0.25, 0.3) is 0 Å². The Balaban J connectivity index is 1.70. The second-order valence-electron chi connectivity index (χ2n) is 8.27. The molecular weight excluding hydrogens is 416 g/mol. The molecule has 1 heterocycles. The Morgan fingerprint density at radius 1 is 0.939 bits per heavy atom. The maximum absolute atomic E-state index is 12.9. The summed E-state index contributed by atoms with van der Waals surface area (Å²) >= 11 is 0. The first-order chi connectivity index (χ1) is 16.1. The van der Waals surface area contributed by atoms with Crippen LogP contribution in [-0.4, -0.2) is 18.7 Å². The Kier molecular flexibility index (Phi) is 9.55. The summed E-state index contributed by atoms with van der Waals surface area (Å²) < 4.78 is 17.0. The molecule has 2 aromatic carbocycles. The SMILES string of the molecule is CCCCCCCCCC(Oc1ccc2c(=O)c(-c3ccccc3)coc2c1)C(=O)OCC. The van der Waals surface area contributed by atoms with Gasteiger partial charge >= 0.3 is 5.97 Å². The zero-order valence-corrected chi connectivity index (χ0v) is 19.7. The van der Waals surface area contributed by atoms with Crippen LogP contribution >= 0.6 is 0 Å². The van der Waals surface area contributed by atoms with Crippen LogP contribution in [0.4, 0.5) is 0 Å². The first-order valence-electron chi connectivity index (χ1n) is 12.1. The molecule has 3 rings (SSSR count). The van der Waals surface area contributed by atoms with Gasteiger partial charge in [-0.3, -0.25) is 4.79 Å². The molecule has 0 saturated carbocycles. The van der Waals surface area contributed by atoms with E-state index in [1.54, 1.807) is 25.1 Å². The molecule has 0 saturated heterocycles. The van der Waals surface area contributed by atoms with Gasteiger partial charge in [0.15, 0.2) is 11.5 Å². The zero-order valence-electron chi connectivity index (χ0n) is 19.7. The van der Waals surface area contributed by atoms with Gasteiger partial charge in [0.2, 0.25) is 0 Å². The van der Waals surface area contributed by atoms with E-state index in [4.69, 9.17) is 13.9 Å². The number of rotatable bonds is 13. The third kappa shape index (κ3) is 6.95. The average Bonchev–Trinajstić information content (AvgIpc) is 2.83. The molecule has 0 aliphatic carbocycles. The van der Waals surface area contributed by atoms with Gasteiger partial charge in [-0.15, -0.1) is 0 Å². The average molecular weight is 451 g/mol. The van der Waals surface area contributed by atoms with Gasteiger partial charge in [0.05, 0.1) is 17.6 Å². The van der Waals surface area contributed by atoms with Crippen molar-refractivity contribution >= 4 is 16.9 Å². The van der Waals surface area contributed by atoms with Gasteiger partial charge in [-0.1, -0.05) is 75.8 Å². The standard InChI is InChI=1S/C28H34O5/c1-3-5-6-7-8-9-13-16-25(28(30)31-4-2)33-22-17-18-23-26(19-22)32-20-24(27(23)29)21-14-11-10-12-15-21/h10-12,14-15,17-20,25H,3-9,13,16H2,1-2H3. The first kappa shape index (κ1) is 24.6. The molecule has 0 spiro atoms. The molecule has 1 aromatic heterocycles. The van der Waals surface area contributed by atoms with Crippen LogP contribution in [0.15, 0.2) is 64.0 Å². The van der Waals surface area contributed by atoms with Crippen LogP contribution in [0.2, 0.25) is 0 Å². The van der Waals surface area contributed by atoms with Gasteiger partial charge in [-0.25, -0.2) is 4.79 Å². The van der Waals surface area contributed by atoms with Crippen LogP contribution in [0.5, 0.6) is 5.75 Å². The summed E-state index contributed by atoms with van der Waals surface area (Å²) in [4.78, 5) is 25.4. The topological polar surface area (TPSA) is 65.7 Å². The van der Waals surface area contributed by atoms with Crippen LogP contribution in [-0.2, 0) is 9.53 Å². The summed E-state index contributed by atoms with van der Waals surface area (Å²) in [6.45, 7) is 4.31. The fourth-order valence-corrected chi connectivity index (χ4v) is 3.91. The molecule has 1 unspecified atom stereocenters. The minimum Gasteiger partial charge on any atom is -0.479 e. The number of carbonyl (C=O) groups excluding carboxylic acids is 1. The highest BCUT2D eigenvalue weighted by molar-refractivity contribution is 5.83. The third-order valence-electron chi connectivity index (χ3n) is 5.73. The second-order valence-corrected chi connectivity index (χ2v) is 8.27. The monoisotopic (exact) mass is 450 g/mol. The smallest absolute Gasteiger partial charge is 0.347 e. The number of hydrogen-bond acceptors (Lipinski definition) is 5. The minimum absolute atomic E-state index is 0.0981. The lowest BCUT2D eigenvalue weighted by atomic mass is 10.1. The predicted octanol–water partition coefficient (Wildman–Crippen LogP) is 6.91. The number of unbranched alkanes of at least 4 members (excludes halogenated alkanes) is 6. The molecule has 1 atom stereocenters. The lowest BCUT2D eigenvalue weighted by molar-refractivity contribution is -0.151. The predicted molar refractivity (Wildman–Crippen MR) is 132 cm³/mol. The highest BCUT2D eigenvalue weighted by Gasteiger charge is 2.22. The lowest BCUT2D eigenvalue weighted by Gasteiger charge is -2.18. The Hall–Kier alpha value is -3.08. The molecule has 5 nitrogen and oxygen atoms in total. The molecule has 3 aromatic rings. The largest absolute Gasteiger partial charge is 0.479 e. The van der Waals surface area contributed by atoms with Crippen LogP contribution in [0, 0.1) is 0 Å². The Morgan fingerprint density at radius 3 is 2.39 bits per heavy atom. The van der Waals surface area contributed by atoms with Gasteiger partial charge in [0, 0.05) is 6.07 Å². The Bertz CT molecular complexity index is 1070. The highest BCUT2D eigenvalue weighted by Crippen LogP contribution is 2.24. The summed E-state index contributed by atoms with van der Waals surface area (Å²) in [5, 5.41) is 0.475. The minimum atomic E-state index is -0.673. The molecule has 176 valence electrons. The normalized spacial score (nSPS) is 11.9. The van der Waals surface area contributed by atoms with E-state index in [9.17, 15) is 9.59 Å². The van der Waals surface area contributed by atoms with Gasteiger partial charge < -0.3 is 13.9 Å². The van der Waals surface area contributed by atoms with Gasteiger partial charge in [0.1, 0.15) is 17.6 Å². The molecule has 0 aliphatic heterocycles. The van der Waals surface area contributed by atoms with E-state index >= 15 is 0 Å². The van der Waals surface area contributed by atoms with Crippen LogP contribution < -0.4 is 10.2 Å². The Labute approximate surface area is 195 Å². The van der Waals surface area contributed by atoms with Crippen molar-refractivity contribution in [2.75, 3.05) is 6.61 Å². The van der Waals surface area contributed by atoms with Crippen LogP contribution in [0.25, 0.3) is 22.1 Å². The maximum Gasteiger partial charge on any atom is 0.347 e. The summed E-state index contributed by atoms with van der Waals surface area (Å²) in [5.41, 5.74) is 1.65. The van der Waals surface area contributed by atoms with E-state index in [0.29, 0.717) is 35.3 Å². The number of carbonyl (C=O) groups is 1. The summed E-state index contributed by atoms with van der Waals surface area (Å²) in [6, 6.07) is 14.5. The summed E-state index contributed by atoms with van der Waals surface area (Å²) in [6.07, 6.45) is 9.55. The fourth-order valence-electron chi connectivity index (χ4n) is 3.91. The maximum atomic E-state index is 12.9. The number of esters is 1. The molecule has 0 bridgehead atoms. The van der Waals surface area contributed by atoms with E-state index in [1.165, 1.54) is 38.4 Å².